The van der Waals surface area contributed by atoms with Gasteiger partial charge in [-0.2, -0.15) is 0 Å². The molecule has 2 amide bonds. The molecule has 1 atom stereocenters. The number of carbonyl (C=O) groups excluding carboxylic acids is 2. The molecule has 1 aliphatic carbocycles. The van der Waals surface area contributed by atoms with Crippen LogP contribution in [0.2, 0.25) is 0 Å². The lowest BCUT2D eigenvalue weighted by Gasteiger charge is -2.49. The van der Waals surface area contributed by atoms with E-state index in [4.69, 9.17) is 4.74 Å². The third-order valence-electron chi connectivity index (χ3n) is 6.05. The lowest BCUT2D eigenvalue weighted by atomic mass is 9.68. The summed E-state index contributed by atoms with van der Waals surface area (Å²) < 4.78 is 5.71. The van der Waals surface area contributed by atoms with Gasteiger partial charge in [0.1, 0.15) is 6.61 Å². The molecule has 1 spiro atoms. The van der Waals surface area contributed by atoms with E-state index in [-0.39, 0.29) is 29.6 Å². The Kier molecular flexibility index (Phi) is 5.69. The first-order chi connectivity index (χ1) is 12.6. The molecule has 1 saturated carbocycles. The van der Waals surface area contributed by atoms with E-state index in [1.807, 2.05) is 45.6 Å². The van der Waals surface area contributed by atoms with E-state index in [0.717, 1.165) is 42.7 Å². The fourth-order valence-corrected chi connectivity index (χ4v) is 5.17. The number of amides is 2. The van der Waals surface area contributed by atoms with Gasteiger partial charge in [0, 0.05) is 29.4 Å². The zero-order chi connectivity index (χ0) is 19.8. The molecule has 6 heteroatoms. The molecule has 0 aromatic carbocycles. The molecule has 2 aliphatic rings. The standard InChI is InChI=1S/C21H32N2O3S/c1-14-11-17(27-15(14)2)19(25)22-12-16-7-10-23(21(16)8-6-9-21)18(24)13-26-20(3,4)5/h11,16H,6-10,12-13H2,1-5H3,(H,22,25). The van der Waals surface area contributed by atoms with Crippen molar-refractivity contribution in [2.45, 2.75) is 71.4 Å². The van der Waals surface area contributed by atoms with Crippen molar-refractivity contribution in [3.63, 3.8) is 0 Å². The highest BCUT2D eigenvalue weighted by atomic mass is 32.1. The summed E-state index contributed by atoms with van der Waals surface area (Å²) in [6, 6.07) is 1.96. The van der Waals surface area contributed by atoms with E-state index in [2.05, 4.69) is 5.32 Å². The van der Waals surface area contributed by atoms with Crippen molar-refractivity contribution in [1.82, 2.24) is 10.2 Å². The van der Waals surface area contributed by atoms with Crippen molar-refractivity contribution in [2.24, 2.45) is 5.92 Å². The molecule has 27 heavy (non-hydrogen) atoms. The van der Waals surface area contributed by atoms with Crippen molar-refractivity contribution < 1.29 is 14.3 Å². The quantitative estimate of drug-likeness (QED) is 0.832. The molecule has 2 fully saturated rings. The van der Waals surface area contributed by atoms with E-state index >= 15 is 0 Å². The highest BCUT2D eigenvalue weighted by Crippen LogP contribution is 2.49. The maximum absolute atomic E-state index is 12.8. The van der Waals surface area contributed by atoms with Crippen LogP contribution in [-0.4, -0.2) is 47.6 Å². The highest BCUT2D eigenvalue weighted by molar-refractivity contribution is 7.14. The van der Waals surface area contributed by atoms with Crippen LogP contribution >= 0.6 is 11.3 Å². The van der Waals surface area contributed by atoms with Crippen molar-refractivity contribution >= 4 is 23.2 Å². The second-order valence-corrected chi connectivity index (χ2v) is 10.2. The second kappa shape index (κ2) is 7.55. The largest absolute Gasteiger partial charge is 0.366 e. The first-order valence-electron chi connectivity index (χ1n) is 9.92. The summed E-state index contributed by atoms with van der Waals surface area (Å²) in [5, 5.41) is 3.12. The number of aryl methyl sites for hydroxylation is 2. The number of rotatable bonds is 5. The van der Waals surface area contributed by atoms with Crippen LogP contribution in [-0.2, 0) is 9.53 Å². The first kappa shape index (κ1) is 20.3. The predicted molar refractivity (Wildman–Crippen MR) is 108 cm³/mol. The van der Waals surface area contributed by atoms with E-state index in [0.29, 0.717) is 12.5 Å². The summed E-state index contributed by atoms with van der Waals surface area (Å²) in [5.74, 6) is 0.422. The lowest BCUT2D eigenvalue weighted by Crippen LogP contribution is -2.58. The lowest BCUT2D eigenvalue weighted by molar-refractivity contribution is -0.149. The fourth-order valence-electron chi connectivity index (χ4n) is 4.22. The Morgan fingerprint density at radius 1 is 1.33 bits per heavy atom. The van der Waals surface area contributed by atoms with Gasteiger partial charge in [0.15, 0.2) is 0 Å². The fraction of sp³-hybridized carbons (Fsp3) is 0.714. The van der Waals surface area contributed by atoms with Gasteiger partial charge < -0.3 is 15.0 Å². The van der Waals surface area contributed by atoms with E-state index in [1.165, 1.54) is 4.88 Å². The molecule has 0 radical (unpaired) electrons. The summed E-state index contributed by atoms with van der Waals surface area (Å²) >= 11 is 1.55. The van der Waals surface area contributed by atoms with Crippen molar-refractivity contribution in [2.75, 3.05) is 19.7 Å². The van der Waals surface area contributed by atoms with Gasteiger partial charge >= 0.3 is 0 Å². The minimum absolute atomic E-state index is 0.00603. The number of nitrogens with zero attached hydrogens (tertiary/aromatic N) is 1. The van der Waals surface area contributed by atoms with Gasteiger partial charge in [-0.1, -0.05) is 0 Å². The molecule has 5 nitrogen and oxygen atoms in total. The molecule has 2 heterocycles. The number of carbonyl (C=O) groups is 2. The maximum Gasteiger partial charge on any atom is 0.261 e. The topological polar surface area (TPSA) is 58.6 Å². The Morgan fingerprint density at radius 2 is 2.04 bits per heavy atom. The van der Waals surface area contributed by atoms with Crippen LogP contribution in [0.1, 0.15) is 66.6 Å². The Balaban J connectivity index is 1.60. The third-order valence-corrected chi connectivity index (χ3v) is 7.20. The number of likely N-dealkylation sites (tertiary alicyclic amines) is 1. The molecule has 150 valence electrons. The van der Waals surface area contributed by atoms with Gasteiger partial charge in [0.2, 0.25) is 5.91 Å². The molecule has 1 aromatic heterocycles. The number of nitrogens with one attached hydrogen (secondary N) is 1. The SMILES string of the molecule is Cc1cc(C(=O)NCC2CCN(C(=O)COC(C)(C)C)C23CCC3)sc1C. The third kappa shape index (κ3) is 4.21. The van der Waals surface area contributed by atoms with Crippen molar-refractivity contribution in [3.8, 4) is 0 Å². The molecule has 1 aromatic rings. The van der Waals surface area contributed by atoms with Gasteiger partial charge in [-0.15, -0.1) is 11.3 Å². The minimum Gasteiger partial charge on any atom is -0.366 e. The van der Waals surface area contributed by atoms with Crippen molar-refractivity contribution in [3.05, 3.63) is 21.4 Å². The van der Waals surface area contributed by atoms with Gasteiger partial charge in [-0.25, -0.2) is 0 Å². The first-order valence-corrected chi connectivity index (χ1v) is 10.7. The van der Waals surface area contributed by atoms with E-state index in [1.54, 1.807) is 11.3 Å². The van der Waals surface area contributed by atoms with Gasteiger partial charge in [0.25, 0.3) is 5.91 Å². The predicted octanol–water partition coefficient (Wildman–Crippen LogP) is 3.68. The zero-order valence-electron chi connectivity index (χ0n) is 17.2. The maximum atomic E-state index is 12.8. The Hall–Kier alpha value is -1.40. The number of thiophene rings is 1. The van der Waals surface area contributed by atoms with Gasteiger partial charge in [-0.05, 0) is 71.9 Å². The second-order valence-electron chi connectivity index (χ2n) is 8.95. The van der Waals surface area contributed by atoms with E-state index in [9.17, 15) is 9.59 Å². The molecule has 1 unspecified atom stereocenters. The average Bonchev–Trinajstić information content (AvgIpc) is 3.10. The van der Waals surface area contributed by atoms with Crippen LogP contribution in [0.15, 0.2) is 6.07 Å². The summed E-state index contributed by atoms with van der Waals surface area (Å²) in [5.41, 5.74) is 0.774. The number of hydrogen-bond donors (Lipinski definition) is 1. The normalized spacial score (nSPS) is 21.4. The molecule has 1 aliphatic heterocycles. The van der Waals surface area contributed by atoms with E-state index < -0.39 is 0 Å². The van der Waals surface area contributed by atoms with Crippen LogP contribution in [0, 0.1) is 19.8 Å². The number of ether oxygens (including phenoxy) is 1. The van der Waals surface area contributed by atoms with Gasteiger partial charge in [0.05, 0.1) is 10.5 Å². The monoisotopic (exact) mass is 392 g/mol. The zero-order valence-corrected chi connectivity index (χ0v) is 18.0. The molecule has 3 rings (SSSR count). The average molecular weight is 393 g/mol. The van der Waals surface area contributed by atoms with Crippen LogP contribution in [0.25, 0.3) is 0 Å². The summed E-state index contributed by atoms with van der Waals surface area (Å²) in [4.78, 5) is 29.3. The van der Waals surface area contributed by atoms with Crippen LogP contribution < -0.4 is 5.32 Å². The molecular formula is C21H32N2O3S. The summed E-state index contributed by atoms with van der Waals surface area (Å²) in [7, 11) is 0. The van der Waals surface area contributed by atoms with Crippen LogP contribution in [0.4, 0.5) is 0 Å². The highest BCUT2D eigenvalue weighted by Gasteiger charge is 2.54. The Labute approximate surface area is 166 Å². The Morgan fingerprint density at radius 3 is 2.56 bits per heavy atom. The summed E-state index contributed by atoms with van der Waals surface area (Å²) in [6.07, 6.45) is 4.17. The van der Waals surface area contributed by atoms with Crippen LogP contribution in [0.3, 0.4) is 0 Å². The Bertz CT molecular complexity index is 696. The van der Waals surface area contributed by atoms with Gasteiger partial charge in [-0.3, -0.25) is 9.59 Å². The number of hydrogen-bond acceptors (Lipinski definition) is 4. The molecule has 0 bridgehead atoms. The minimum atomic E-state index is -0.313. The molecule has 1 N–H and O–H groups in total. The smallest absolute Gasteiger partial charge is 0.261 e. The molecular weight excluding hydrogens is 360 g/mol. The van der Waals surface area contributed by atoms with Crippen LogP contribution in [0.5, 0.6) is 0 Å². The summed E-state index contributed by atoms with van der Waals surface area (Å²) in [6.45, 7) is 11.5. The van der Waals surface area contributed by atoms with Crippen molar-refractivity contribution in [1.29, 1.82) is 0 Å². The molecule has 1 saturated heterocycles.